The molecule has 0 amide bonds. The Morgan fingerprint density at radius 2 is 0.763 bits per heavy atom. The second-order valence-electron chi connectivity index (χ2n) is 16.2. The highest BCUT2D eigenvalue weighted by molar-refractivity contribution is 6.06. The Morgan fingerprint density at radius 3 is 1.39 bits per heavy atom. The summed E-state index contributed by atoms with van der Waals surface area (Å²) in [4.78, 5) is 2.39. The third-order valence-corrected chi connectivity index (χ3v) is 12.3. The van der Waals surface area contributed by atoms with E-state index < -0.39 is 0 Å². The fraction of sp³-hybridized carbons (Fsp3) is 0.0526. The van der Waals surface area contributed by atoms with Crippen LogP contribution in [0.2, 0.25) is 0 Å². The lowest BCUT2D eigenvalue weighted by molar-refractivity contribution is 0.660. The molecule has 9 aromatic carbocycles. The molecule has 0 saturated carbocycles. The number of anilines is 3. The lowest BCUT2D eigenvalue weighted by atomic mass is 9.82. The molecule has 0 saturated heterocycles. The van der Waals surface area contributed by atoms with Crippen LogP contribution in [0.25, 0.3) is 77.6 Å². The van der Waals surface area contributed by atoms with Crippen LogP contribution in [0.15, 0.2) is 217 Å². The Bertz CT molecular complexity index is 3140. The minimum Gasteiger partial charge on any atom is -0.456 e. The standard InChI is InChI=1S/C57H41NO/c1-57(2)53-14-8-6-12-49(53)50-35-33-48(37-54(50)57)58(46-29-24-42(25-30-46)40-18-16-39(17-19-40)38-10-4-3-5-11-38)47-31-26-43(27-32-47)41-20-22-44(23-21-41)45-28-34-52-51-13-7-9-15-55(51)59-56(52)36-45/h3-37H,1-2H3. The molecule has 1 aromatic heterocycles. The van der Waals surface area contributed by atoms with Crippen LogP contribution in [0.3, 0.4) is 0 Å². The summed E-state index contributed by atoms with van der Waals surface area (Å²) in [5, 5.41) is 2.30. The van der Waals surface area contributed by atoms with Crippen LogP contribution in [-0.2, 0) is 5.41 Å². The smallest absolute Gasteiger partial charge is 0.136 e. The maximum Gasteiger partial charge on any atom is 0.136 e. The third kappa shape index (κ3) is 6.04. The van der Waals surface area contributed by atoms with Gasteiger partial charge in [0.2, 0.25) is 0 Å². The molecule has 0 atom stereocenters. The van der Waals surface area contributed by atoms with Crippen LogP contribution in [0, 0.1) is 0 Å². The van der Waals surface area contributed by atoms with Crippen LogP contribution in [0.5, 0.6) is 0 Å². The maximum absolute atomic E-state index is 6.19. The number of furan rings is 1. The van der Waals surface area contributed by atoms with E-state index in [1.807, 2.05) is 12.1 Å². The first kappa shape index (κ1) is 34.8. The molecule has 1 heterocycles. The number of para-hydroxylation sites is 1. The van der Waals surface area contributed by atoms with Gasteiger partial charge in [-0.15, -0.1) is 0 Å². The fourth-order valence-corrected chi connectivity index (χ4v) is 9.13. The van der Waals surface area contributed by atoms with Crippen molar-refractivity contribution < 1.29 is 4.42 Å². The average molecular weight is 756 g/mol. The van der Waals surface area contributed by atoms with Gasteiger partial charge in [-0.05, 0) is 121 Å². The number of hydrogen-bond acceptors (Lipinski definition) is 2. The van der Waals surface area contributed by atoms with E-state index in [1.165, 1.54) is 55.6 Å². The second-order valence-corrected chi connectivity index (χ2v) is 16.2. The first-order valence-electron chi connectivity index (χ1n) is 20.4. The van der Waals surface area contributed by atoms with Gasteiger partial charge in [-0.1, -0.05) is 172 Å². The molecule has 11 rings (SSSR count). The minimum atomic E-state index is -0.1000. The molecule has 280 valence electrons. The van der Waals surface area contributed by atoms with Crippen LogP contribution < -0.4 is 4.90 Å². The normalized spacial score (nSPS) is 12.7. The predicted molar refractivity (Wildman–Crippen MR) is 248 cm³/mol. The Morgan fingerprint density at radius 1 is 0.322 bits per heavy atom. The molecule has 2 heteroatoms. The van der Waals surface area contributed by atoms with Crippen LogP contribution in [0.1, 0.15) is 25.0 Å². The summed E-state index contributed by atoms with van der Waals surface area (Å²) in [5.74, 6) is 0. The Balaban J connectivity index is 0.923. The van der Waals surface area contributed by atoms with Crippen LogP contribution >= 0.6 is 0 Å². The number of nitrogens with zero attached hydrogens (tertiary/aromatic N) is 1. The van der Waals surface area contributed by atoms with Crippen molar-refractivity contribution in [1.29, 1.82) is 0 Å². The first-order chi connectivity index (χ1) is 29.0. The summed E-state index contributed by atoms with van der Waals surface area (Å²) in [6.45, 7) is 4.70. The van der Waals surface area contributed by atoms with Gasteiger partial charge in [0, 0.05) is 33.2 Å². The molecular formula is C57H41NO. The zero-order valence-electron chi connectivity index (χ0n) is 33.1. The van der Waals surface area contributed by atoms with Gasteiger partial charge in [0.05, 0.1) is 0 Å². The summed E-state index contributed by atoms with van der Waals surface area (Å²) in [7, 11) is 0. The van der Waals surface area contributed by atoms with E-state index in [1.54, 1.807) is 0 Å². The molecule has 0 aliphatic heterocycles. The highest BCUT2D eigenvalue weighted by atomic mass is 16.3. The van der Waals surface area contributed by atoms with Gasteiger partial charge >= 0.3 is 0 Å². The van der Waals surface area contributed by atoms with Crippen molar-refractivity contribution in [2.45, 2.75) is 19.3 Å². The van der Waals surface area contributed by atoms with E-state index in [2.05, 4.69) is 219 Å². The monoisotopic (exact) mass is 755 g/mol. The quantitative estimate of drug-likeness (QED) is 0.161. The fourth-order valence-electron chi connectivity index (χ4n) is 9.13. The summed E-state index contributed by atoms with van der Waals surface area (Å²) in [6, 6.07) is 76.9. The van der Waals surface area contributed by atoms with Gasteiger partial charge in [0.15, 0.2) is 0 Å². The molecule has 2 nitrogen and oxygen atoms in total. The molecule has 1 aliphatic rings. The molecule has 0 radical (unpaired) electrons. The molecule has 1 aliphatic carbocycles. The van der Waals surface area contributed by atoms with Gasteiger partial charge in [-0.25, -0.2) is 0 Å². The zero-order chi connectivity index (χ0) is 39.5. The Hall–Kier alpha value is -7.42. The second kappa shape index (κ2) is 13.9. The average Bonchev–Trinajstić information content (AvgIpc) is 3.78. The van der Waals surface area contributed by atoms with Crippen molar-refractivity contribution in [1.82, 2.24) is 0 Å². The molecule has 0 fully saturated rings. The van der Waals surface area contributed by atoms with E-state index in [0.29, 0.717) is 0 Å². The molecule has 0 unspecified atom stereocenters. The van der Waals surface area contributed by atoms with Crippen molar-refractivity contribution in [3.8, 4) is 55.6 Å². The van der Waals surface area contributed by atoms with Crippen molar-refractivity contribution >= 4 is 39.0 Å². The lowest BCUT2D eigenvalue weighted by Gasteiger charge is -2.28. The molecule has 10 aromatic rings. The number of benzene rings is 9. The number of hydrogen-bond donors (Lipinski definition) is 0. The van der Waals surface area contributed by atoms with Gasteiger partial charge < -0.3 is 9.32 Å². The number of rotatable bonds is 7. The van der Waals surface area contributed by atoms with Crippen molar-refractivity contribution in [2.75, 3.05) is 4.90 Å². The van der Waals surface area contributed by atoms with Gasteiger partial charge in [-0.3, -0.25) is 0 Å². The van der Waals surface area contributed by atoms with Crippen molar-refractivity contribution in [2.24, 2.45) is 0 Å². The molecule has 0 N–H and O–H groups in total. The third-order valence-electron chi connectivity index (χ3n) is 12.3. The van der Waals surface area contributed by atoms with E-state index >= 15 is 0 Å². The van der Waals surface area contributed by atoms with E-state index in [4.69, 9.17) is 4.42 Å². The van der Waals surface area contributed by atoms with E-state index in [0.717, 1.165) is 50.1 Å². The van der Waals surface area contributed by atoms with Crippen molar-refractivity contribution in [3.05, 3.63) is 223 Å². The lowest BCUT2D eigenvalue weighted by Crippen LogP contribution is -2.16. The minimum absolute atomic E-state index is 0.1000. The molecule has 59 heavy (non-hydrogen) atoms. The van der Waals surface area contributed by atoms with Gasteiger partial charge in [-0.2, -0.15) is 0 Å². The number of fused-ring (bicyclic) bond motifs is 6. The highest BCUT2D eigenvalue weighted by Gasteiger charge is 2.35. The summed E-state index contributed by atoms with van der Waals surface area (Å²) >= 11 is 0. The zero-order valence-corrected chi connectivity index (χ0v) is 33.1. The molecule has 0 bridgehead atoms. The maximum atomic E-state index is 6.19. The van der Waals surface area contributed by atoms with E-state index in [9.17, 15) is 0 Å². The Labute approximate surface area is 345 Å². The summed E-state index contributed by atoms with van der Waals surface area (Å²) < 4.78 is 6.19. The van der Waals surface area contributed by atoms with Crippen LogP contribution in [0.4, 0.5) is 17.1 Å². The predicted octanol–water partition coefficient (Wildman–Crippen LogP) is 16.0. The largest absolute Gasteiger partial charge is 0.456 e. The highest BCUT2D eigenvalue weighted by Crippen LogP contribution is 2.50. The van der Waals surface area contributed by atoms with Gasteiger partial charge in [0.1, 0.15) is 11.2 Å². The molecule has 0 spiro atoms. The SMILES string of the molecule is CC1(C)c2ccccc2-c2ccc(N(c3ccc(-c4ccc(-c5ccccc5)cc4)cc3)c3ccc(-c4ccc(-c5ccc6c(c5)oc5ccccc56)cc4)cc3)cc21. The van der Waals surface area contributed by atoms with Crippen molar-refractivity contribution in [3.63, 3.8) is 0 Å². The molecular weight excluding hydrogens is 715 g/mol. The Kier molecular flexibility index (Phi) is 8.20. The van der Waals surface area contributed by atoms with Crippen LogP contribution in [-0.4, -0.2) is 0 Å². The summed E-state index contributed by atoms with van der Waals surface area (Å²) in [5.41, 5.74) is 20.0. The topological polar surface area (TPSA) is 16.4 Å². The van der Waals surface area contributed by atoms with Gasteiger partial charge in [0.25, 0.3) is 0 Å². The first-order valence-corrected chi connectivity index (χ1v) is 20.4. The van der Waals surface area contributed by atoms with E-state index in [-0.39, 0.29) is 5.41 Å². The summed E-state index contributed by atoms with van der Waals surface area (Å²) in [6.07, 6.45) is 0.